The van der Waals surface area contributed by atoms with Crippen molar-refractivity contribution in [3.05, 3.63) is 72.3 Å². The van der Waals surface area contributed by atoms with Crippen molar-refractivity contribution in [1.82, 2.24) is 9.55 Å². The zero-order chi connectivity index (χ0) is 19.3. The number of amides is 1. The van der Waals surface area contributed by atoms with Crippen LogP contribution in [0, 0.1) is 6.92 Å². The normalized spacial score (nSPS) is 16.1. The highest BCUT2D eigenvalue weighted by Gasteiger charge is 2.41. The first-order valence-corrected chi connectivity index (χ1v) is 10.9. The number of aryl methyl sites for hydroxylation is 1. The first-order valence-electron chi connectivity index (χ1n) is 8.14. The molecule has 1 aromatic heterocycles. The van der Waals surface area contributed by atoms with Gasteiger partial charge in [0.05, 0.1) is 5.69 Å². The lowest BCUT2D eigenvalue weighted by molar-refractivity contribution is -0.119. The van der Waals surface area contributed by atoms with Gasteiger partial charge < -0.3 is 0 Å². The second-order valence-corrected chi connectivity index (χ2v) is 9.22. The highest BCUT2D eigenvalue weighted by atomic mass is 79.9. The molecule has 0 radical (unpaired) electrons. The van der Waals surface area contributed by atoms with E-state index in [1.165, 1.54) is 0 Å². The predicted molar refractivity (Wildman–Crippen MR) is 118 cm³/mol. The molecule has 0 aliphatic carbocycles. The number of carbonyl (C=O) groups excluding carboxylic acids is 1. The van der Waals surface area contributed by atoms with E-state index >= 15 is 0 Å². The lowest BCUT2D eigenvalue weighted by Gasteiger charge is -2.17. The highest BCUT2D eigenvalue weighted by molar-refractivity contribution is 9.13. The van der Waals surface area contributed by atoms with E-state index in [1.807, 2.05) is 47.9 Å². The Labute approximate surface area is 186 Å². The number of anilines is 2. The van der Waals surface area contributed by atoms with E-state index in [0.29, 0.717) is 22.0 Å². The van der Waals surface area contributed by atoms with Gasteiger partial charge in [-0.25, -0.2) is 9.88 Å². The van der Waals surface area contributed by atoms with Crippen molar-refractivity contribution >= 4 is 76.9 Å². The van der Waals surface area contributed by atoms with E-state index in [1.54, 1.807) is 11.0 Å². The van der Waals surface area contributed by atoms with Crippen LogP contribution < -0.4 is 4.90 Å². The molecule has 2 aromatic carbocycles. The Morgan fingerprint density at radius 2 is 1.81 bits per heavy atom. The summed E-state index contributed by atoms with van der Waals surface area (Å²) >= 11 is 16.7. The number of imidazole rings is 1. The number of benzene rings is 2. The number of aromatic nitrogens is 2. The molecule has 0 saturated heterocycles. The van der Waals surface area contributed by atoms with Gasteiger partial charge >= 0.3 is 0 Å². The summed E-state index contributed by atoms with van der Waals surface area (Å²) in [6.07, 6.45) is 0.566. The Morgan fingerprint density at radius 3 is 2.48 bits per heavy atom. The molecule has 3 aromatic rings. The fourth-order valence-corrected chi connectivity index (χ4v) is 4.67. The van der Waals surface area contributed by atoms with E-state index in [9.17, 15) is 4.79 Å². The molecule has 1 atom stereocenters. The van der Waals surface area contributed by atoms with Crippen molar-refractivity contribution in [1.29, 1.82) is 0 Å². The summed E-state index contributed by atoms with van der Waals surface area (Å²) in [5, 5.41) is 0.588. The smallest absolute Gasteiger partial charge is 0.257 e. The van der Waals surface area contributed by atoms with Gasteiger partial charge in [0, 0.05) is 15.9 Å². The van der Waals surface area contributed by atoms with Crippen molar-refractivity contribution < 1.29 is 4.79 Å². The van der Waals surface area contributed by atoms with Crippen molar-refractivity contribution in [2.75, 3.05) is 4.90 Å². The van der Waals surface area contributed by atoms with Crippen molar-refractivity contribution in [3.63, 3.8) is 0 Å². The van der Waals surface area contributed by atoms with Crippen LogP contribution in [0.4, 0.5) is 11.6 Å². The largest absolute Gasteiger partial charge is 0.290 e. The van der Waals surface area contributed by atoms with Gasteiger partial charge in [-0.05, 0) is 80.2 Å². The standard InChI is InChI=1S/C19H13Br3ClN3O/c1-10-6-13(23)9-14(7-10)25-18(27)15(8-11-2-4-12(20)5-3-11)26-17(22)16(21)24-19(25)26/h2-7,9,15H,8H2,1H3. The monoisotopic (exact) mass is 571 g/mol. The maximum atomic E-state index is 13.4. The van der Waals surface area contributed by atoms with Crippen molar-refractivity contribution in [2.24, 2.45) is 0 Å². The second kappa shape index (κ2) is 7.35. The SMILES string of the molecule is Cc1cc(Cl)cc(N2C(=O)C(Cc3ccc(Br)cc3)n3c2nc(Br)c3Br)c1. The van der Waals surface area contributed by atoms with Crippen LogP contribution in [-0.4, -0.2) is 15.5 Å². The molecule has 4 nitrogen and oxygen atoms in total. The number of hydrogen-bond donors (Lipinski definition) is 0. The van der Waals surface area contributed by atoms with Gasteiger partial charge in [0.15, 0.2) is 0 Å². The van der Waals surface area contributed by atoms with Crippen LogP contribution >= 0.6 is 59.4 Å². The zero-order valence-corrected chi connectivity index (χ0v) is 19.6. The first kappa shape index (κ1) is 19.2. The van der Waals surface area contributed by atoms with Crippen LogP contribution in [0.5, 0.6) is 0 Å². The Balaban J connectivity index is 1.80. The minimum atomic E-state index is -0.395. The molecule has 0 fully saturated rings. The molecule has 1 aliphatic heterocycles. The Hall–Kier alpha value is -1.15. The number of fused-ring (bicyclic) bond motifs is 1. The van der Waals surface area contributed by atoms with Gasteiger partial charge in [0.1, 0.15) is 15.2 Å². The molecule has 0 N–H and O–H groups in total. The average Bonchev–Trinajstić information content (AvgIpc) is 3.03. The fraction of sp³-hybridized carbons (Fsp3) is 0.158. The zero-order valence-electron chi connectivity index (χ0n) is 14.1. The Bertz CT molecular complexity index is 1030. The Kier molecular flexibility index (Phi) is 5.22. The predicted octanol–water partition coefficient (Wildman–Crippen LogP) is 6.59. The summed E-state index contributed by atoms with van der Waals surface area (Å²) in [5.74, 6) is 0.540. The summed E-state index contributed by atoms with van der Waals surface area (Å²) in [6.45, 7) is 1.95. The van der Waals surface area contributed by atoms with Gasteiger partial charge in [0.2, 0.25) is 5.95 Å². The molecule has 1 aliphatic rings. The third-order valence-corrected chi connectivity index (χ3v) is 7.03. The third kappa shape index (κ3) is 3.50. The van der Waals surface area contributed by atoms with Gasteiger partial charge in [0.25, 0.3) is 5.91 Å². The molecule has 0 bridgehead atoms. The maximum Gasteiger partial charge on any atom is 0.257 e. The number of carbonyl (C=O) groups is 1. The van der Waals surface area contributed by atoms with Gasteiger partial charge in [-0.1, -0.05) is 39.7 Å². The number of nitrogens with zero attached hydrogens (tertiary/aromatic N) is 3. The summed E-state index contributed by atoms with van der Waals surface area (Å²) in [7, 11) is 0. The van der Waals surface area contributed by atoms with Crippen molar-refractivity contribution in [2.45, 2.75) is 19.4 Å². The second-order valence-electron chi connectivity index (χ2n) is 6.37. The molecule has 8 heteroatoms. The van der Waals surface area contributed by atoms with E-state index in [4.69, 9.17) is 11.6 Å². The summed E-state index contributed by atoms with van der Waals surface area (Å²) < 4.78 is 4.33. The topological polar surface area (TPSA) is 38.1 Å². The molecule has 27 heavy (non-hydrogen) atoms. The molecule has 2 heterocycles. The molecule has 1 amide bonds. The fourth-order valence-electron chi connectivity index (χ4n) is 3.28. The van der Waals surface area contributed by atoms with Crippen LogP contribution in [-0.2, 0) is 11.2 Å². The van der Waals surface area contributed by atoms with Crippen LogP contribution in [0.1, 0.15) is 17.2 Å². The van der Waals surface area contributed by atoms with E-state index in [0.717, 1.165) is 25.9 Å². The maximum absolute atomic E-state index is 13.4. The van der Waals surface area contributed by atoms with Crippen LogP contribution in [0.15, 0.2) is 56.1 Å². The molecule has 138 valence electrons. The van der Waals surface area contributed by atoms with Gasteiger partial charge in [-0.3, -0.25) is 9.36 Å². The number of hydrogen-bond acceptors (Lipinski definition) is 2. The summed E-state index contributed by atoms with van der Waals surface area (Å²) in [6, 6.07) is 13.2. The summed E-state index contributed by atoms with van der Waals surface area (Å²) in [4.78, 5) is 19.5. The summed E-state index contributed by atoms with van der Waals surface area (Å²) in [5.41, 5.74) is 2.77. The lowest BCUT2D eigenvalue weighted by Crippen LogP contribution is -2.26. The molecular weight excluding hydrogens is 561 g/mol. The van der Waals surface area contributed by atoms with Gasteiger partial charge in [-0.15, -0.1) is 0 Å². The van der Waals surface area contributed by atoms with E-state index in [2.05, 4.69) is 52.8 Å². The lowest BCUT2D eigenvalue weighted by atomic mass is 10.1. The van der Waals surface area contributed by atoms with Crippen LogP contribution in [0.3, 0.4) is 0 Å². The first-order chi connectivity index (χ1) is 12.8. The minimum Gasteiger partial charge on any atom is -0.290 e. The highest BCUT2D eigenvalue weighted by Crippen LogP contribution is 2.43. The molecule has 0 spiro atoms. The van der Waals surface area contributed by atoms with E-state index < -0.39 is 6.04 Å². The molecule has 4 rings (SSSR count). The van der Waals surface area contributed by atoms with Crippen LogP contribution in [0.25, 0.3) is 0 Å². The third-order valence-electron chi connectivity index (χ3n) is 4.44. The van der Waals surface area contributed by atoms with Gasteiger partial charge in [-0.2, -0.15) is 0 Å². The quantitative estimate of drug-likeness (QED) is 0.354. The van der Waals surface area contributed by atoms with Crippen LogP contribution in [0.2, 0.25) is 5.02 Å². The van der Waals surface area contributed by atoms with Crippen molar-refractivity contribution in [3.8, 4) is 0 Å². The minimum absolute atomic E-state index is 0.0321. The average molecular weight is 574 g/mol. The molecule has 1 unspecified atom stereocenters. The molecule has 0 saturated carbocycles. The number of halogens is 4. The Morgan fingerprint density at radius 1 is 1.11 bits per heavy atom. The molecular formula is C19H13Br3ClN3O. The van der Waals surface area contributed by atoms with E-state index in [-0.39, 0.29) is 5.91 Å². The number of rotatable bonds is 3.